The van der Waals surface area contributed by atoms with Gasteiger partial charge in [0.25, 0.3) is 0 Å². The van der Waals surface area contributed by atoms with Gasteiger partial charge in [-0.2, -0.15) is 0 Å². The van der Waals surface area contributed by atoms with Gasteiger partial charge in [0.05, 0.1) is 6.10 Å². The fourth-order valence-corrected chi connectivity index (χ4v) is 1.54. The van der Waals surface area contributed by atoms with Gasteiger partial charge < -0.3 is 10.4 Å². The minimum absolute atomic E-state index is 0. The first kappa shape index (κ1) is 11.2. The molecule has 0 spiro atoms. The largest absolute Gasteiger partial charge is 0.392 e. The van der Waals surface area contributed by atoms with Crippen molar-refractivity contribution in [2.75, 3.05) is 6.54 Å². The van der Waals surface area contributed by atoms with Crippen LogP contribution < -0.4 is 5.32 Å². The third-order valence-electron chi connectivity index (χ3n) is 2.15. The summed E-state index contributed by atoms with van der Waals surface area (Å²) >= 11 is 0. The van der Waals surface area contributed by atoms with Crippen molar-refractivity contribution in [3.05, 3.63) is 0 Å². The Bertz CT molecular complexity index is 98.1. The summed E-state index contributed by atoms with van der Waals surface area (Å²) in [7, 11) is 0. The number of aliphatic hydroxyl groups excluding tert-OH is 1. The first-order chi connectivity index (χ1) is 4.84. The summed E-state index contributed by atoms with van der Waals surface area (Å²) in [6.45, 7) is 3.24. The molecule has 3 heteroatoms. The molecule has 0 unspecified atom stereocenters. The Labute approximate surface area is 74.8 Å². The van der Waals surface area contributed by atoms with E-state index >= 15 is 0 Å². The molecule has 1 heterocycles. The highest BCUT2D eigenvalue weighted by Crippen LogP contribution is 2.12. The molecule has 0 bridgehead atoms. The molecule has 11 heavy (non-hydrogen) atoms. The number of hydrogen-bond acceptors (Lipinski definition) is 2. The molecule has 68 valence electrons. The van der Waals surface area contributed by atoms with Crippen molar-refractivity contribution in [2.45, 2.75) is 44.8 Å². The molecule has 1 fully saturated rings. The number of piperidine rings is 1. The lowest BCUT2D eigenvalue weighted by Crippen LogP contribution is -2.44. The smallest absolute Gasteiger partial charge is 0.0693 e. The molecular formula is C8H18ClNO. The van der Waals surface area contributed by atoms with E-state index in [1.165, 1.54) is 0 Å². The summed E-state index contributed by atoms with van der Waals surface area (Å²) in [4.78, 5) is 0. The summed E-state index contributed by atoms with van der Waals surface area (Å²) < 4.78 is 0. The predicted octanol–water partition coefficient (Wildman–Crippen LogP) is 1.32. The zero-order valence-electron chi connectivity index (χ0n) is 7.05. The van der Waals surface area contributed by atoms with Gasteiger partial charge in [-0.15, -0.1) is 12.4 Å². The molecule has 2 nitrogen and oxygen atoms in total. The van der Waals surface area contributed by atoms with E-state index in [2.05, 4.69) is 12.2 Å². The van der Waals surface area contributed by atoms with Crippen LogP contribution in [-0.4, -0.2) is 23.8 Å². The Morgan fingerprint density at radius 1 is 1.55 bits per heavy atom. The Morgan fingerprint density at radius 3 is 2.82 bits per heavy atom. The summed E-state index contributed by atoms with van der Waals surface area (Å²) in [5.41, 5.74) is 0. The van der Waals surface area contributed by atoms with Gasteiger partial charge in [0.2, 0.25) is 0 Å². The van der Waals surface area contributed by atoms with Crippen molar-refractivity contribution in [2.24, 2.45) is 0 Å². The Balaban J connectivity index is 0.000001000. The Kier molecular flexibility index (Phi) is 5.92. The lowest BCUT2D eigenvalue weighted by Gasteiger charge is -2.28. The number of nitrogens with one attached hydrogen (secondary N) is 1. The molecule has 1 aliphatic heterocycles. The van der Waals surface area contributed by atoms with Crippen molar-refractivity contribution in [1.82, 2.24) is 5.32 Å². The number of halogens is 1. The van der Waals surface area contributed by atoms with E-state index in [4.69, 9.17) is 0 Å². The fourth-order valence-electron chi connectivity index (χ4n) is 1.54. The predicted molar refractivity (Wildman–Crippen MR) is 49.2 cm³/mol. The van der Waals surface area contributed by atoms with Crippen molar-refractivity contribution in [3.63, 3.8) is 0 Å². The van der Waals surface area contributed by atoms with Gasteiger partial charge in [-0.3, -0.25) is 0 Å². The topological polar surface area (TPSA) is 32.3 Å². The van der Waals surface area contributed by atoms with E-state index in [1.807, 2.05) is 0 Å². The molecule has 0 saturated carbocycles. The highest BCUT2D eigenvalue weighted by atomic mass is 35.5. The maximum Gasteiger partial charge on any atom is 0.0693 e. The first-order valence-electron chi connectivity index (χ1n) is 4.26. The quantitative estimate of drug-likeness (QED) is 0.671. The van der Waals surface area contributed by atoms with Crippen molar-refractivity contribution in [1.29, 1.82) is 0 Å². The van der Waals surface area contributed by atoms with Gasteiger partial charge in [-0.25, -0.2) is 0 Å². The molecule has 0 amide bonds. The number of aliphatic hydroxyl groups is 1. The highest BCUT2D eigenvalue weighted by molar-refractivity contribution is 5.85. The zero-order valence-corrected chi connectivity index (χ0v) is 7.86. The average molecular weight is 180 g/mol. The van der Waals surface area contributed by atoms with Gasteiger partial charge >= 0.3 is 0 Å². The Hall–Kier alpha value is 0.210. The molecule has 1 saturated heterocycles. The number of hydrogen-bond donors (Lipinski definition) is 2. The second kappa shape index (κ2) is 5.81. The van der Waals surface area contributed by atoms with Crippen LogP contribution in [0.5, 0.6) is 0 Å². The zero-order chi connectivity index (χ0) is 7.40. The average Bonchev–Trinajstić information content (AvgIpc) is 1.94. The molecule has 2 N–H and O–H groups in total. The molecular weight excluding hydrogens is 162 g/mol. The molecule has 2 atom stereocenters. The molecule has 1 rings (SSSR count). The van der Waals surface area contributed by atoms with Crippen LogP contribution in [0.4, 0.5) is 0 Å². The molecule has 1 aliphatic rings. The first-order valence-corrected chi connectivity index (χ1v) is 4.26. The second-order valence-electron chi connectivity index (χ2n) is 3.06. The minimum atomic E-state index is -0.0892. The lowest BCUT2D eigenvalue weighted by molar-refractivity contribution is 0.0921. The second-order valence-corrected chi connectivity index (χ2v) is 3.06. The summed E-state index contributed by atoms with van der Waals surface area (Å²) in [5, 5.41) is 12.8. The van der Waals surface area contributed by atoms with E-state index in [9.17, 15) is 5.11 Å². The summed E-state index contributed by atoms with van der Waals surface area (Å²) in [5.74, 6) is 0. The van der Waals surface area contributed by atoms with Gasteiger partial charge in [0.1, 0.15) is 0 Å². The van der Waals surface area contributed by atoms with Crippen molar-refractivity contribution < 1.29 is 5.11 Å². The van der Waals surface area contributed by atoms with E-state index in [1.54, 1.807) is 0 Å². The van der Waals surface area contributed by atoms with Crippen LogP contribution in [-0.2, 0) is 0 Å². The Morgan fingerprint density at radius 2 is 2.27 bits per heavy atom. The molecule has 0 aromatic heterocycles. The maximum absolute atomic E-state index is 9.44. The molecule has 0 aliphatic carbocycles. The third kappa shape index (κ3) is 3.41. The highest BCUT2D eigenvalue weighted by Gasteiger charge is 2.20. The summed E-state index contributed by atoms with van der Waals surface area (Å²) in [6.07, 6.45) is 4.29. The SMILES string of the molecule is CCC[C@@H]1NCCC[C@@H]1O.Cl. The van der Waals surface area contributed by atoms with Gasteiger partial charge in [-0.1, -0.05) is 13.3 Å². The van der Waals surface area contributed by atoms with E-state index in [0.717, 1.165) is 32.2 Å². The molecule has 0 aromatic carbocycles. The lowest BCUT2D eigenvalue weighted by atomic mass is 9.98. The van der Waals surface area contributed by atoms with E-state index in [-0.39, 0.29) is 18.5 Å². The van der Waals surface area contributed by atoms with Crippen LogP contribution >= 0.6 is 12.4 Å². The van der Waals surface area contributed by atoms with Crippen LogP contribution in [0, 0.1) is 0 Å². The van der Waals surface area contributed by atoms with Crippen LogP contribution in [0.25, 0.3) is 0 Å². The van der Waals surface area contributed by atoms with Crippen LogP contribution in [0.3, 0.4) is 0 Å². The monoisotopic (exact) mass is 179 g/mol. The van der Waals surface area contributed by atoms with Crippen LogP contribution in [0.2, 0.25) is 0 Å². The third-order valence-corrected chi connectivity index (χ3v) is 2.15. The minimum Gasteiger partial charge on any atom is -0.392 e. The molecule has 0 aromatic rings. The summed E-state index contributed by atoms with van der Waals surface area (Å²) in [6, 6.07) is 0.374. The van der Waals surface area contributed by atoms with Gasteiger partial charge in [-0.05, 0) is 25.8 Å². The normalized spacial score (nSPS) is 31.1. The van der Waals surface area contributed by atoms with Gasteiger partial charge in [0.15, 0.2) is 0 Å². The standard InChI is InChI=1S/C8H17NO.ClH/c1-2-4-7-8(10)5-3-6-9-7;/h7-10H,2-6H2,1H3;1H/t7-,8-;/m0./s1. The van der Waals surface area contributed by atoms with Crippen LogP contribution in [0.15, 0.2) is 0 Å². The number of rotatable bonds is 2. The van der Waals surface area contributed by atoms with Crippen molar-refractivity contribution in [3.8, 4) is 0 Å². The fraction of sp³-hybridized carbons (Fsp3) is 1.00. The van der Waals surface area contributed by atoms with E-state index < -0.39 is 0 Å². The van der Waals surface area contributed by atoms with Crippen LogP contribution in [0.1, 0.15) is 32.6 Å². The van der Waals surface area contributed by atoms with Crippen molar-refractivity contribution >= 4 is 12.4 Å². The maximum atomic E-state index is 9.44. The van der Waals surface area contributed by atoms with Gasteiger partial charge in [0, 0.05) is 6.04 Å². The molecule has 0 radical (unpaired) electrons. The van der Waals surface area contributed by atoms with E-state index in [0.29, 0.717) is 6.04 Å².